The van der Waals surface area contributed by atoms with Crippen LogP contribution in [0.25, 0.3) is 11.0 Å². The SMILES string of the molecule is Cc1nn(C)c2nc(C(C)C)cc(C(=O)Nc3cccc(Cl)c3F)c12. The van der Waals surface area contributed by atoms with Gasteiger partial charge < -0.3 is 5.32 Å². The minimum Gasteiger partial charge on any atom is -0.319 e. The number of benzene rings is 1. The molecule has 0 aliphatic rings. The van der Waals surface area contributed by atoms with Crippen LogP contribution in [0.15, 0.2) is 24.3 Å². The van der Waals surface area contributed by atoms with Crippen LogP contribution in [0.5, 0.6) is 0 Å². The van der Waals surface area contributed by atoms with E-state index in [1.165, 1.54) is 12.1 Å². The predicted molar refractivity (Wildman–Crippen MR) is 96.7 cm³/mol. The average Bonchev–Trinajstić information content (AvgIpc) is 2.85. The van der Waals surface area contributed by atoms with Crippen molar-refractivity contribution in [3.63, 3.8) is 0 Å². The van der Waals surface area contributed by atoms with Gasteiger partial charge in [-0.1, -0.05) is 31.5 Å². The largest absolute Gasteiger partial charge is 0.319 e. The number of carbonyl (C=O) groups is 1. The number of fused-ring (bicyclic) bond motifs is 1. The number of halogens is 2. The van der Waals surface area contributed by atoms with E-state index in [-0.39, 0.29) is 16.6 Å². The summed E-state index contributed by atoms with van der Waals surface area (Å²) >= 11 is 5.78. The molecule has 2 aromatic heterocycles. The number of nitrogens with zero attached hydrogens (tertiary/aromatic N) is 3. The Bertz CT molecular complexity index is 981. The number of rotatable bonds is 3. The number of hydrogen-bond acceptors (Lipinski definition) is 3. The molecular weight excluding hydrogens is 343 g/mol. The van der Waals surface area contributed by atoms with Crippen LogP contribution in [0.3, 0.4) is 0 Å². The van der Waals surface area contributed by atoms with Gasteiger partial charge in [0.1, 0.15) is 0 Å². The maximum atomic E-state index is 14.1. The lowest BCUT2D eigenvalue weighted by Gasteiger charge is -2.11. The Morgan fingerprint density at radius 1 is 1.36 bits per heavy atom. The van der Waals surface area contributed by atoms with Gasteiger partial charge in [0.2, 0.25) is 0 Å². The molecule has 3 rings (SSSR count). The van der Waals surface area contributed by atoms with Crippen LogP contribution in [-0.4, -0.2) is 20.7 Å². The van der Waals surface area contributed by atoms with E-state index >= 15 is 0 Å². The van der Waals surface area contributed by atoms with Gasteiger partial charge in [-0.3, -0.25) is 9.48 Å². The van der Waals surface area contributed by atoms with Crippen LogP contribution in [-0.2, 0) is 7.05 Å². The third kappa shape index (κ3) is 3.09. The summed E-state index contributed by atoms with van der Waals surface area (Å²) in [6, 6.07) is 6.22. The second-order valence-electron chi connectivity index (χ2n) is 6.21. The second kappa shape index (κ2) is 6.44. The lowest BCUT2D eigenvalue weighted by atomic mass is 10.0. The molecule has 7 heteroatoms. The van der Waals surface area contributed by atoms with Gasteiger partial charge in [-0.25, -0.2) is 9.37 Å². The Balaban J connectivity index is 2.13. The Morgan fingerprint density at radius 2 is 2.08 bits per heavy atom. The van der Waals surface area contributed by atoms with E-state index in [1.54, 1.807) is 23.9 Å². The zero-order valence-electron chi connectivity index (χ0n) is 14.4. The van der Waals surface area contributed by atoms with Gasteiger partial charge >= 0.3 is 0 Å². The first-order chi connectivity index (χ1) is 11.8. The van der Waals surface area contributed by atoms with E-state index in [4.69, 9.17) is 11.6 Å². The molecule has 0 aliphatic heterocycles. The molecule has 5 nitrogen and oxygen atoms in total. The zero-order valence-corrected chi connectivity index (χ0v) is 15.1. The van der Waals surface area contributed by atoms with Crippen LogP contribution < -0.4 is 5.32 Å². The minimum atomic E-state index is -0.658. The molecule has 0 radical (unpaired) electrons. The molecule has 3 aromatic rings. The van der Waals surface area contributed by atoms with Gasteiger partial charge in [0.15, 0.2) is 11.5 Å². The van der Waals surface area contributed by atoms with Gasteiger partial charge in [-0.15, -0.1) is 0 Å². The fourth-order valence-electron chi connectivity index (χ4n) is 2.73. The predicted octanol–water partition coefficient (Wildman–Crippen LogP) is 4.44. The lowest BCUT2D eigenvalue weighted by Crippen LogP contribution is -2.15. The first-order valence-electron chi connectivity index (χ1n) is 7.89. The van der Waals surface area contributed by atoms with Crippen molar-refractivity contribution >= 4 is 34.2 Å². The maximum Gasteiger partial charge on any atom is 0.256 e. The number of aromatic nitrogens is 3. The highest BCUT2D eigenvalue weighted by atomic mass is 35.5. The maximum absolute atomic E-state index is 14.1. The van der Waals surface area contributed by atoms with Crippen molar-refractivity contribution in [2.45, 2.75) is 26.7 Å². The Labute approximate surface area is 149 Å². The van der Waals surface area contributed by atoms with Crippen molar-refractivity contribution in [3.05, 3.63) is 52.1 Å². The van der Waals surface area contributed by atoms with E-state index in [1.807, 2.05) is 20.8 Å². The molecule has 1 amide bonds. The topological polar surface area (TPSA) is 59.8 Å². The van der Waals surface area contributed by atoms with E-state index in [0.29, 0.717) is 22.3 Å². The fraction of sp³-hybridized carbons (Fsp3) is 0.278. The second-order valence-corrected chi connectivity index (χ2v) is 6.62. The standard InChI is InChI=1S/C18H18ClFN4O/c1-9(2)14-8-11(15-10(3)23-24(4)17(15)21-14)18(25)22-13-7-5-6-12(19)16(13)20/h5-9H,1-4H3,(H,22,25). The van der Waals surface area contributed by atoms with E-state index in [9.17, 15) is 9.18 Å². The van der Waals surface area contributed by atoms with Crippen LogP contribution in [0.1, 0.15) is 41.5 Å². The monoisotopic (exact) mass is 360 g/mol. The van der Waals surface area contributed by atoms with Crippen molar-refractivity contribution in [3.8, 4) is 0 Å². The van der Waals surface area contributed by atoms with Gasteiger partial charge in [0.25, 0.3) is 5.91 Å². The lowest BCUT2D eigenvalue weighted by molar-refractivity contribution is 0.102. The quantitative estimate of drug-likeness (QED) is 0.750. The first-order valence-corrected chi connectivity index (χ1v) is 8.27. The summed E-state index contributed by atoms with van der Waals surface area (Å²) in [6.45, 7) is 5.81. The van der Waals surface area contributed by atoms with Crippen molar-refractivity contribution in [2.24, 2.45) is 7.05 Å². The number of aryl methyl sites for hydroxylation is 2. The summed E-state index contributed by atoms with van der Waals surface area (Å²) in [4.78, 5) is 17.4. The minimum absolute atomic E-state index is 0.0371. The molecular formula is C18H18ClFN4O. The normalized spacial score (nSPS) is 11.3. The Hall–Kier alpha value is -2.47. The molecule has 0 unspecified atom stereocenters. The third-order valence-electron chi connectivity index (χ3n) is 4.02. The van der Waals surface area contributed by atoms with E-state index in [2.05, 4.69) is 15.4 Å². The molecule has 1 N–H and O–H groups in total. The van der Waals surface area contributed by atoms with Crippen LogP contribution in [0, 0.1) is 12.7 Å². The number of carbonyl (C=O) groups excluding carboxylic acids is 1. The smallest absolute Gasteiger partial charge is 0.256 e. The Kier molecular flexibility index (Phi) is 4.47. The molecule has 2 heterocycles. The molecule has 0 aliphatic carbocycles. The van der Waals surface area contributed by atoms with Crippen LogP contribution in [0.4, 0.5) is 10.1 Å². The summed E-state index contributed by atoms with van der Waals surface area (Å²) in [5, 5.41) is 7.57. The van der Waals surface area contributed by atoms with E-state index in [0.717, 1.165) is 5.69 Å². The van der Waals surface area contributed by atoms with Gasteiger partial charge in [-0.2, -0.15) is 5.10 Å². The first kappa shape index (κ1) is 17.4. The molecule has 0 fully saturated rings. The van der Waals surface area contributed by atoms with Crippen molar-refractivity contribution in [1.82, 2.24) is 14.8 Å². The number of nitrogens with one attached hydrogen (secondary N) is 1. The van der Waals surface area contributed by atoms with Crippen molar-refractivity contribution in [1.29, 1.82) is 0 Å². The highest BCUT2D eigenvalue weighted by molar-refractivity contribution is 6.31. The number of amides is 1. The highest BCUT2D eigenvalue weighted by Gasteiger charge is 2.20. The fourth-order valence-corrected chi connectivity index (χ4v) is 2.90. The summed E-state index contributed by atoms with van der Waals surface area (Å²) < 4.78 is 15.8. The molecule has 0 bridgehead atoms. The number of pyridine rings is 1. The molecule has 0 saturated heterocycles. The molecule has 0 spiro atoms. The van der Waals surface area contributed by atoms with Crippen LogP contribution in [0.2, 0.25) is 5.02 Å². The summed E-state index contributed by atoms with van der Waals surface area (Å²) in [6.07, 6.45) is 0. The summed E-state index contributed by atoms with van der Waals surface area (Å²) in [5.41, 5.74) is 2.54. The summed E-state index contributed by atoms with van der Waals surface area (Å²) in [7, 11) is 1.78. The zero-order chi connectivity index (χ0) is 18.3. The average molecular weight is 361 g/mol. The van der Waals surface area contributed by atoms with Crippen molar-refractivity contribution < 1.29 is 9.18 Å². The number of hydrogen-bond donors (Lipinski definition) is 1. The van der Waals surface area contributed by atoms with E-state index < -0.39 is 11.7 Å². The van der Waals surface area contributed by atoms with Crippen LogP contribution >= 0.6 is 11.6 Å². The van der Waals surface area contributed by atoms with Crippen molar-refractivity contribution in [2.75, 3.05) is 5.32 Å². The number of anilines is 1. The molecule has 0 saturated carbocycles. The van der Waals surface area contributed by atoms with Gasteiger partial charge in [-0.05, 0) is 31.0 Å². The molecule has 0 atom stereocenters. The highest BCUT2D eigenvalue weighted by Crippen LogP contribution is 2.27. The van der Waals surface area contributed by atoms with Gasteiger partial charge in [0, 0.05) is 12.7 Å². The molecule has 1 aromatic carbocycles. The summed E-state index contributed by atoms with van der Waals surface area (Å²) in [5.74, 6) is -0.949. The Morgan fingerprint density at radius 3 is 2.76 bits per heavy atom. The third-order valence-corrected chi connectivity index (χ3v) is 4.32. The molecule has 25 heavy (non-hydrogen) atoms. The van der Waals surface area contributed by atoms with Gasteiger partial charge in [0.05, 0.1) is 27.4 Å². The molecule has 130 valence electrons.